The largest absolute Gasteiger partial charge is 0.508 e. The van der Waals surface area contributed by atoms with E-state index < -0.39 is 18.0 Å². The summed E-state index contributed by atoms with van der Waals surface area (Å²) in [7, 11) is 1.52. The molecule has 7 nitrogen and oxygen atoms in total. The fraction of sp³-hybridized carbons (Fsp3) is 0.158. The molecule has 26 heavy (non-hydrogen) atoms. The number of ether oxygens (including phenoxy) is 1. The molecule has 7 heteroatoms. The Morgan fingerprint density at radius 3 is 2.58 bits per heavy atom. The van der Waals surface area contributed by atoms with E-state index in [9.17, 15) is 14.7 Å². The molecular formula is C19H19N3O4. The van der Waals surface area contributed by atoms with Crippen molar-refractivity contribution < 1.29 is 19.4 Å². The van der Waals surface area contributed by atoms with Crippen LogP contribution in [0, 0.1) is 5.92 Å². The van der Waals surface area contributed by atoms with E-state index in [-0.39, 0.29) is 11.7 Å². The molecular weight excluding hydrogens is 334 g/mol. The zero-order chi connectivity index (χ0) is 18.7. The van der Waals surface area contributed by atoms with Crippen LogP contribution in [0.4, 0.5) is 10.5 Å². The Labute approximate surface area is 150 Å². The Morgan fingerprint density at radius 1 is 1.19 bits per heavy atom. The van der Waals surface area contributed by atoms with Gasteiger partial charge in [0.05, 0.1) is 18.8 Å². The van der Waals surface area contributed by atoms with Crippen LogP contribution in [0.25, 0.3) is 0 Å². The van der Waals surface area contributed by atoms with Gasteiger partial charge in [-0.25, -0.2) is 4.79 Å². The maximum absolute atomic E-state index is 12.9. The number of para-hydroxylation sites is 2. The third-order valence-corrected chi connectivity index (χ3v) is 4.17. The molecule has 1 fully saturated rings. The number of aromatic hydroxyl groups is 1. The first-order valence-electron chi connectivity index (χ1n) is 7.98. The number of phenolic OH excluding ortho intramolecular Hbond substituents is 1. The van der Waals surface area contributed by atoms with Gasteiger partial charge in [0.2, 0.25) is 5.91 Å². The summed E-state index contributed by atoms with van der Waals surface area (Å²) in [6.45, 7) is 3.83. The van der Waals surface area contributed by atoms with Crippen molar-refractivity contribution in [2.75, 3.05) is 12.4 Å². The topological polar surface area (TPSA) is 99.7 Å². The monoisotopic (exact) mass is 353 g/mol. The number of nitrogens with one attached hydrogen (secondary N) is 3. The summed E-state index contributed by atoms with van der Waals surface area (Å²) in [5.74, 6) is -0.462. The molecule has 134 valence electrons. The second kappa shape index (κ2) is 7.18. The molecule has 1 heterocycles. The smallest absolute Gasteiger partial charge is 0.319 e. The average molecular weight is 353 g/mol. The van der Waals surface area contributed by atoms with Gasteiger partial charge < -0.3 is 25.8 Å². The van der Waals surface area contributed by atoms with Crippen LogP contribution in [0.3, 0.4) is 0 Å². The van der Waals surface area contributed by atoms with Gasteiger partial charge in [-0.1, -0.05) is 30.8 Å². The lowest BCUT2D eigenvalue weighted by molar-refractivity contribution is -0.119. The van der Waals surface area contributed by atoms with Crippen LogP contribution in [0.15, 0.2) is 60.8 Å². The maximum Gasteiger partial charge on any atom is 0.319 e. The first-order valence-corrected chi connectivity index (χ1v) is 7.98. The number of methoxy groups -OCH3 is 1. The van der Waals surface area contributed by atoms with E-state index in [1.165, 1.54) is 19.2 Å². The highest BCUT2D eigenvalue weighted by Crippen LogP contribution is 2.32. The van der Waals surface area contributed by atoms with Gasteiger partial charge in [0.1, 0.15) is 17.4 Å². The van der Waals surface area contributed by atoms with E-state index in [0.29, 0.717) is 22.7 Å². The van der Waals surface area contributed by atoms with Crippen molar-refractivity contribution in [3.05, 3.63) is 66.4 Å². The highest BCUT2D eigenvalue weighted by molar-refractivity contribution is 5.98. The van der Waals surface area contributed by atoms with Gasteiger partial charge in [-0.15, -0.1) is 0 Å². The molecule has 3 amide bonds. The molecule has 3 rings (SSSR count). The molecule has 0 saturated carbocycles. The van der Waals surface area contributed by atoms with Crippen LogP contribution < -0.4 is 20.7 Å². The number of carbonyl (C=O) groups is 2. The summed E-state index contributed by atoms with van der Waals surface area (Å²) in [6, 6.07) is 12.3. The highest BCUT2D eigenvalue weighted by atomic mass is 16.5. The number of anilines is 1. The maximum atomic E-state index is 12.9. The fourth-order valence-corrected chi connectivity index (χ4v) is 2.91. The van der Waals surface area contributed by atoms with Crippen molar-refractivity contribution in [1.82, 2.24) is 10.6 Å². The van der Waals surface area contributed by atoms with E-state index in [1.807, 2.05) is 0 Å². The standard InChI is InChI=1S/C19H19N3O4/c1-11-16(18(24)21-14-5-3-4-6-15(14)26-2)17(22-19(25)20-11)12-7-9-13(23)10-8-12/h3-10,16-17,23H,1H2,2H3,(H,21,24)(H2,20,22,25). The second-order valence-corrected chi connectivity index (χ2v) is 5.86. The molecule has 2 atom stereocenters. The third-order valence-electron chi connectivity index (χ3n) is 4.17. The van der Waals surface area contributed by atoms with Crippen molar-refractivity contribution >= 4 is 17.6 Å². The molecule has 2 aromatic carbocycles. The van der Waals surface area contributed by atoms with Crippen molar-refractivity contribution in [2.45, 2.75) is 6.04 Å². The Hall–Kier alpha value is -3.48. The van der Waals surface area contributed by atoms with Crippen LogP contribution in [-0.2, 0) is 4.79 Å². The predicted octanol–water partition coefficient (Wildman–Crippen LogP) is 2.52. The number of urea groups is 1. The molecule has 0 aromatic heterocycles. The van der Waals surface area contributed by atoms with Crippen molar-refractivity contribution in [1.29, 1.82) is 0 Å². The summed E-state index contributed by atoms with van der Waals surface area (Å²) >= 11 is 0. The SMILES string of the molecule is C=C1NC(=O)NC(c2ccc(O)cc2)C1C(=O)Nc1ccccc1OC. The van der Waals surface area contributed by atoms with E-state index in [4.69, 9.17) is 4.74 Å². The normalized spacial score (nSPS) is 19.3. The van der Waals surface area contributed by atoms with Crippen molar-refractivity contribution in [3.63, 3.8) is 0 Å². The Kier molecular flexibility index (Phi) is 4.79. The van der Waals surface area contributed by atoms with Crippen molar-refractivity contribution in [3.8, 4) is 11.5 Å². The summed E-state index contributed by atoms with van der Waals surface area (Å²) < 4.78 is 5.25. The lowest BCUT2D eigenvalue weighted by Gasteiger charge is -2.34. The average Bonchev–Trinajstić information content (AvgIpc) is 2.62. The van der Waals surface area contributed by atoms with Crippen molar-refractivity contribution in [2.24, 2.45) is 5.92 Å². The van der Waals surface area contributed by atoms with Gasteiger partial charge in [0.15, 0.2) is 0 Å². The third kappa shape index (κ3) is 3.46. The molecule has 0 bridgehead atoms. The van der Waals surface area contributed by atoms with E-state index >= 15 is 0 Å². The number of hydrogen-bond acceptors (Lipinski definition) is 4. The first kappa shape index (κ1) is 17.3. The zero-order valence-electron chi connectivity index (χ0n) is 14.2. The number of hydrogen-bond donors (Lipinski definition) is 4. The van der Waals surface area contributed by atoms with Gasteiger partial charge in [0.25, 0.3) is 0 Å². The lowest BCUT2D eigenvalue weighted by atomic mass is 9.88. The predicted molar refractivity (Wildman–Crippen MR) is 96.8 cm³/mol. The van der Waals surface area contributed by atoms with E-state index in [0.717, 1.165) is 0 Å². The molecule has 4 N–H and O–H groups in total. The van der Waals surface area contributed by atoms with E-state index in [2.05, 4.69) is 22.5 Å². The van der Waals surface area contributed by atoms with E-state index in [1.54, 1.807) is 36.4 Å². The molecule has 1 aliphatic rings. The molecule has 0 aliphatic carbocycles. The molecule has 1 aliphatic heterocycles. The molecule has 0 radical (unpaired) electrons. The fourth-order valence-electron chi connectivity index (χ4n) is 2.91. The Bertz CT molecular complexity index is 848. The minimum Gasteiger partial charge on any atom is -0.508 e. The van der Waals surface area contributed by atoms with Crippen LogP contribution in [0.5, 0.6) is 11.5 Å². The molecule has 1 saturated heterocycles. The minimum absolute atomic E-state index is 0.0999. The van der Waals surface area contributed by atoms with Crippen LogP contribution in [0.1, 0.15) is 11.6 Å². The first-order chi connectivity index (χ1) is 12.5. The molecule has 0 spiro atoms. The van der Waals surface area contributed by atoms with Gasteiger partial charge in [-0.05, 0) is 29.8 Å². The summed E-state index contributed by atoms with van der Waals surface area (Å²) in [5, 5.41) is 17.6. The Balaban J connectivity index is 1.90. The van der Waals surface area contributed by atoms with Gasteiger partial charge in [-0.3, -0.25) is 4.79 Å². The zero-order valence-corrected chi connectivity index (χ0v) is 14.2. The summed E-state index contributed by atoms with van der Waals surface area (Å²) in [6.07, 6.45) is 0. The number of carbonyl (C=O) groups excluding carboxylic acids is 2. The second-order valence-electron chi connectivity index (χ2n) is 5.86. The van der Waals surface area contributed by atoms with Gasteiger partial charge in [-0.2, -0.15) is 0 Å². The van der Waals surface area contributed by atoms with Crippen LogP contribution in [0.2, 0.25) is 0 Å². The lowest BCUT2D eigenvalue weighted by Crippen LogP contribution is -2.51. The minimum atomic E-state index is -0.748. The van der Waals surface area contributed by atoms with Gasteiger partial charge in [0, 0.05) is 5.70 Å². The van der Waals surface area contributed by atoms with Gasteiger partial charge >= 0.3 is 6.03 Å². The number of rotatable bonds is 4. The highest BCUT2D eigenvalue weighted by Gasteiger charge is 2.38. The Morgan fingerprint density at radius 2 is 1.88 bits per heavy atom. The summed E-state index contributed by atoms with van der Waals surface area (Å²) in [4.78, 5) is 24.8. The number of phenols is 1. The molecule has 2 unspecified atom stereocenters. The molecule has 2 aromatic rings. The quantitative estimate of drug-likeness (QED) is 0.679. The van der Waals surface area contributed by atoms with Crippen LogP contribution in [-0.4, -0.2) is 24.2 Å². The van der Waals surface area contributed by atoms with Crippen LogP contribution >= 0.6 is 0 Å². The summed E-state index contributed by atoms with van der Waals surface area (Å²) in [5.41, 5.74) is 1.49. The number of benzene rings is 2. The number of amides is 3.